The fourth-order valence-corrected chi connectivity index (χ4v) is 4.32. The molecule has 1 aliphatic rings. The van der Waals surface area contributed by atoms with Crippen LogP contribution < -0.4 is 10.1 Å². The number of methoxy groups -OCH3 is 1. The van der Waals surface area contributed by atoms with Crippen LogP contribution in [-0.2, 0) is 0 Å². The Hall–Kier alpha value is -1.02. The first kappa shape index (κ1) is 16.4. The van der Waals surface area contributed by atoms with Gasteiger partial charge in [-0.25, -0.2) is 0 Å². The Morgan fingerprint density at radius 2 is 1.76 bits per heavy atom. The molecule has 0 radical (unpaired) electrons. The third-order valence-corrected chi connectivity index (χ3v) is 4.63. The Morgan fingerprint density at radius 3 is 2.33 bits per heavy atom. The molecule has 1 N–H and O–H groups in total. The summed E-state index contributed by atoms with van der Waals surface area (Å²) in [5.41, 5.74) is 2.15. The fourth-order valence-electron chi connectivity index (χ4n) is 4.32. The molecule has 2 nitrogen and oxygen atoms in total. The van der Waals surface area contributed by atoms with Crippen LogP contribution in [0.4, 0.5) is 0 Å². The van der Waals surface area contributed by atoms with Crippen LogP contribution in [0.15, 0.2) is 24.3 Å². The van der Waals surface area contributed by atoms with Crippen molar-refractivity contribution in [3.05, 3.63) is 29.8 Å². The molecule has 1 atom stereocenters. The molecule has 0 amide bonds. The molecule has 2 heteroatoms. The van der Waals surface area contributed by atoms with Crippen LogP contribution in [0.5, 0.6) is 5.75 Å². The van der Waals surface area contributed by atoms with E-state index in [4.69, 9.17) is 4.74 Å². The third-order valence-electron chi connectivity index (χ3n) is 4.63. The summed E-state index contributed by atoms with van der Waals surface area (Å²) in [6.45, 7) is 11.9. The van der Waals surface area contributed by atoms with E-state index in [1.807, 2.05) is 6.07 Å². The van der Waals surface area contributed by atoms with Gasteiger partial charge in [0, 0.05) is 12.1 Å². The molecule has 0 aromatic heterocycles. The van der Waals surface area contributed by atoms with Crippen molar-refractivity contribution in [3.63, 3.8) is 0 Å². The molecule has 21 heavy (non-hydrogen) atoms. The quantitative estimate of drug-likeness (QED) is 0.846. The Balaban J connectivity index is 2.06. The molecular weight excluding hydrogens is 258 g/mol. The standard InChI is InChI=1S/C19H31NO/c1-14(15-8-7-9-17(10-15)21-6)20-16-11-18(2,3)13-19(4,5)12-16/h7-10,14,16,20H,11-13H2,1-6H3. The summed E-state index contributed by atoms with van der Waals surface area (Å²) in [5.74, 6) is 0.936. The van der Waals surface area contributed by atoms with Crippen molar-refractivity contribution >= 4 is 0 Å². The number of nitrogens with one attached hydrogen (secondary N) is 1. The van der Waals surface area contributed by atoms with Gasteiger partial charge in [0.25, 0.3) is 0 Å². The second-order valence-electron chi connectivity index (χ2n) is 8.28. The van der Waals surface area contributed by atoms with Crippen LogP contribution in [-0.4, -0.2) is 13.2 Å². The lowest BCUT2D eigenvalue weighted by molar-refractivity contribution is 0.0811. The summed E-state index contributed by atoms with van der Waals surface area (Å²) in [5, 5.41) is 3.84. The van der Waals surface area contributed by atoms with Gasteiger partial charge in [-0.15, -0.1) is 0 Å². The van der Waals surface area contributed by atoms with Crippen LogP contribution in [0.3, 0.4) is 0 Å². The van der Waals surface area contributed by atoms with Gasteiger partial charge < -0.3 is 10.1 Å². The van der Waals surface area contributed by atoms with Gasteiger partial charge >= 0.3 is 0 Å². The van der Waals surface area contributed by atoms with Gasteiger partial charge in [0.1, 0.15) is 5.75 Å². The van der Waals surface area contributed by atoms with Gasteiger partial charge in [-0.2, -0.15) is 0 Å². The number of hydrogen-bond donors (Lipinski definition) is 1. The first-order valence-corrected chi connectivity index (χ1v) is 8.11. The highest BCUT2D eigenvalue weighted by Gasteiger charge is 2.38. The van der Waals surface area contributed by atoms with Crippen molar-refractivity contribution < 1.29 is 4.74 Å². The zero-order valence-electron chi connectivity index (χ0n) is 14.5. The zero-order valence-corrected chi connectivity index (χ0v) is 14.5. The molecular formula is C19H31NO. The zero-order chi connectivity index (χ0) is 15.7. The molecule has 1 unspecified atom stereocenters. The predicted octanol–water partition coefficient (Wildman–Crippen LogP) is 4.95. The second-order valence-corrected chi connectivity index (χ2v) is 8.28. The average molecular weight is 289 g/mol. The SMILES string of the molecule is COc1cccc(C(C)NC2CC(C)(C)CC(C)(C)C2)c1. The van der Waals surface area contributed by atoms with Gasteiger partial charge in [0.05, 0.1) is 7.11 Å². The summed E-state index contributed by atoms with van der Waals surface area (Å²) in [6, 6.07) is 9.33. The largest absolute Gasteiger partial charge is 0.497 e. The number of hydrogen-bond acceptors (Lipinski definition) is 2. The minimum atomic E-state index is 0.356. The molecule has 2 rings (SSSR count). The monoisotopic (exact) mass is 289 g/mol. The van der Waals surface area contributed by atoms with E-state index in [-0.39, 0.29) is 0 Å². The van der Waals surface area contributed by atoms with E-state index in [1.54, 1.807) is 7.11 Å². The van der Waals surface area contributed by atoms with E-state index >= 15 is 0 Å². The first-order valence-electron chi connectivity index (χ1n) is 8.11. The van der Waals surface area contributed by atoms with Gasteiger partial charge in [0.15, 0.2) is 0 Å². The van der Waals surface area contributed by atoms with E-state index in [1.165, 1.54) is 24.8 Å². The molecule has 1 saturated carbocycles. The van der Waals surface area contributed by atoms with Crippen molar-refractivity contribution in [2.45, 2.75) is 66.0 Å². The lowest BCUT2D eigenvalue weighted by Gasteiger charge is -2.46. The Labute approximate surface area is 130 Å². The molecule has 0 aliphatic heterocycles. The predicted molar refractivity (Wildman–Crippen MR) is 89.7 cm³/mol. The molecule has 1 aromatic rings. The fraction of sp³-hybridized carbons (Fsp3) is 0.684. The summed E-state index contributed by atoms with van der Waals surface area (Å²) in [4.78, 5) is 0. The summed E-state index contributed by atoms with van der Waals surface area (Å²) in [7, 11) is 1.73. The van der Waals surface area contributed by atoms with Crippen LogP contribution in [0.25, 0.3) is 0 Å². The van der Waals surface area contributed by atoms with E-state index < -0.39 is 0 Å². The maximum absolute atomic E-state index is 5.33. The normalized spacial score (nSPS) is 22.8. The third kappa shape index (κ3) is 4.47. The van der Waals surface area contributed by atoms with E-state index in [2.05, 4.69) is 58.1 Å². The maximum Gasteiger partial charge on any atom is 0.119 e. The van der Waals surface area contributed by atoms with Gasteiger partial charge in [-0.3, -0.25) is 0 Å². The minimum absolute atomic E-state index is 0.356. The van der Waals surface area contributed by atoms with Crippen molar-refractivity contribution in [3.8, 4) is 5.75 Å². The molecule has 1 aliphatic carbocycles. The van der Waals surface area contributed by atoms with Crippen LogP contribution in [0.1, 0.15) is 65.5 Å². The van der Waals surface area contributed by atoms with Gasteiger partial charge in [-0.05, 0) is 54.7 Å². The van der Waals surface area contributed by atoms with E-state index in [0.29, 0.717) is 22.9 Å². The number of ether oxygens (including phenoxy) is 1. The number of rotatable bonds is 4. The van der Waals surface area contributed by atoms with Crippen molar-refractivity contribution in [2.75, 3.05) is 7.11 Å². The van der Waals surface area contributed by atoms with Crippen LogP contribution in [0.2, 0.25) is 0 Å². The van der Waals surface area contributed by atoms with Crippen molar-refractivity contribution in [1.82, 2.24) is 5.32 Å². The number of benzene rings is 1. The van der Waals surface area contributed by atoms with Crippen molar-refractivity contribution in [2.24, 2.45) is 10.8 Å². The Kier molecular flexibility index (Phi) is 4.67. The summed E-state index contributed by atoms with van der Waals surface area (Å²) >= 11 is 0. The smallest absolute Gasteiger partial charge is 0.119 e. The lowest BCUT2D eigenvalue weighted by atomic mass is 9.63. The van der Waals surface area contributed by atoms with Crippen LogP contribution in [0, 0.1) is 10.8 Å². The second kappa shape index (κ2) is 6.00. The molecule has 0 spiro atoms. The molecule has 0 bridgehead atoms. The lowest BCUT2D eigenvalue weighted by Crippen LogP contribution is -2.44. The molecule has 118 valence electrons. The van der Waals surface area contributed by atoms with E-state index in [0.717, 1.165) is 5.75 Å². The van der Waals surface area contributed by atoms with Gasteiger partial charge in [-0.1, -0.05) is 39.8 Å². The summed E-state index contributed by atoms with van der Waals surface area (Å²) < 4.78 is 5.33. The highest BCUT2D eigenvalue weighted by Crippen LogP contribution is 2.46. The molecule has 0 saturated heterocycles. The average Bonchev–Trinajstić information content (AvgIpc) is 2.35. The highest BCUT2D eigenvalue weighted by molar-refractivity contribution is 5.30. The summed E-state index contributed by atoms with van der Waals surface area (Å²) in [6.07, 6.45) is 3.82. The van der Waals surface area contributed by atoms with Gasteiger partial charge in [0.2, 0.25) is 0 Å². The molecule has 1 fully saturated rings. The topological polar surface area (TPSA) is 21.3 Å². The Bertz CT molecular complexity index is 462. The first-order chi connectivity index (χ1) is 9.71. The highest BCUT2D eigenvalue weighted by atomic mass is 16.5. The van der Waals surface area contributed by atoms with E-state index in [9.17, 15) is 0 Å². The van der Waals surface area contributed by atoms with Crippen LogP contribution >= 0.6 is 0 Å². The molecule has 1 aromatic carbocycles. The Morgan fingerprint density at radius 1 is 1.14 bits per heavy atom. The van der Waals surface area contributed by atoms with Crippen molar-refractivity contribution in [1.29, 1.82) is 0 Å². The maximum atomic E-state index is 5.33. The molecule has 0 heterocycles. The minimum Gasteiger partial charge on any atom is -0.497 e.